The fourth-order valence-corrected chi connectivity index (χ4v) is 2.78. The quantitative estimate of drug-likeness (QED) is 0.647. The Morgan fingerprint density at radius 3 is 2.15 bits per heavy atom. The molecule has 106 valence electrons. The molecule has 1 unspecified atom stereocenters. The van der Waals surface area contributed by atoms with E-state index in [1.165, 1.54) is 16.7 Å². The molecule has 0 aliphatic heterocycles. The molecular formula is C18H20ClF. The third kappa shape index (κ3) is 3.21. The molecule has 0 aliphatic carbocycles. The normalized spacial score (nSPS) is 12.5. The fourth-order valence-electron chi connectivity index (χ4n) is 2.49. The van der Waals surface area contributed by atoms with E-state index < -0.39 is 0 Å². The molecule has 2 aromatic carbocycles. The Balaban J connectivity index is 2.28. The van der Waals surface area contributed by atoms with Crippen LogP contribution < -0.4 is 0 Å². The van der Waals surface area contributed by atoms with E-state index in [2.05, 4.69) is 32.0 Å². The maximum Gasteiger partial charge on any atom is 0.129 e. The predicted octanol–water partition coefficient (Wildman–Crippen LogP) is 5.58. The first-order valence-corrected chi connectivity index (χ1v) is 7.29. The molecule has 1 atom stereocenters. The largest absolute Gasteiger partial charge is 0.206 e. The molecule has 0 saturated heterocycles. The number of hydrogen-bond acceptors (Lipinski definition) is 0. The van der Waals surface area contributed by atoms with Gasteiger partial charge in [0.05, 0.1) is 5.38 Å². The van der Waals surface area contributed by atoms with Gasteiger partial charge in [-0.25, -0.2) is 4.39 Å². The monoisotopic (exact) mass is 290 g/mol. The maximum atomic E-state index is 13.7. The van der Waals surface area contributed by atoms with Gasteiger partial charge in [-0.2, -0.15) is 0 Å². The van der Waals surface area contributed by atoms with Crippen molar-refractivity contribution < 1.29 is 4.39 Å². The standard InChI is InChI=1S/C18H20ClF/c1-11-5-6-12(2)15(7-11)10-17(19)16-8-13(3)18(20)14(4)9-16/h5-9,17H,10H2,1-4H3. The zero-order chi connectivity index (χ0) is 14.9. The Hall–Kier alpha value is -1.34. The second-order valence-corrected chi connectivity index (χ2v) is 6.10. The Bertz CT molecular complexity index is 608. The molecular weight excluding hydrogens is 271 g/mol. The van der Waals surface area contributed by atoms with Gasteiger partial charge in [-0.15, -0.1) is 11.6 Å². The Labute approximate surface area is 125 Å². The van der Waals surface area contributed by atoms with E-state index in [4.69, 9.17) is 11.6 Å². The van der Waals surface area contributed by atoms with Crippen LogP contribution in [0.2, 0.25) is 0 Å². The average Bonchev–Trinajstić information content (AvgIpc) is 2.39. The number of rotatable bonds is 3. The minimum Gasteiger partial charge on any atom is -0.206 e. The lowest BCUT2D eigenvalue weighted by atomic mass is 9.96. The van der Waals surface area contributed by atoms with E-state index in [0.717, 1.165) is 12.0 Å². The molecule has 2 aromatic rings. The van der Waals surface area contributed by atoms with Crippen molar-refractivity contribution >= 4 is 11.6 Å². The summed E-state index contributed by atoms with van der Waals surface area (Å²) in [7, 11) is 0. The van der Waals surface area contributed by atoms with Crippen LogP contribution in [0.4, 0.5) is 4.39 Å². The lowest BCUT2D eigenvalue weighted by molar-refractivity contribution is 0.608. The Kier molecular flexibility index (Phi) is 4.49. The van der Waals surface area contributed by atoms with Crippen LogP contribution in [0, 0.1) is 33.5 Å². The van der Waals surface area contributed by atoms with E-state index in [-0.39, 0.29) is 11.2 Å². The van der Waals surface area contributed by atoms with Crippen molar-refractivity contribution in [3.05, 3.63) is 69.5 Å². The molecule has 2 rings (SSSR count). The van der Waals surface area contributed by atoms with Crippen LogP contribution in [0.5, 0.6) is 0 Å². The van der Waals surface area contributed by atoms with Crippen molar-refractivity contribution in [1.82, 2.24) is 0 Å². The van der Waals surface area contributed by atoms with Crippen molar-refractivity contribution in [2.45, 2.75) is 39.5 Å². The summed E-state index contributed by atoms with van der Waals surface area (Å²) in [4.78, 5) is 0. The molecule has 0 bridgehead atoms. The van der Waals surface area contributed by atoms with E-state index in [0.29, 0.717) is 11.1 Å². The summed E-state index contributed by atoms with van der Waals surface area (Å²) in [5, 5.41) is -0.131. The number of alkyl halides is 1. The molecule has 0 heterocycles. The molecule has 0 radical (unpaired) electrons. The van der Waals surface area contributed by atoms with Crippen LogP contribution in [0.15, 0.2) is 30.3 Å². The van der Waals surface area contributed by atoms with Gasteiger partial charge in [0, 0.05) is 0 Å². The smallest absolute Gasteiger partial charge is 0.129 e. The third-order valence-corrected chi connectivity index (χ3v) is 4.13. The lowest BCUT2D eigenvalue weighted by Crippen LogP contribution is -2.01. The molecule has 0 N–H and O–H groups in total. The topological polar surface area (TPSA) is 0 Å². The van der Waals surface area contributed by atoms with Gasteiger partial charge < -0.3 is 0 Å². The molecule has 0 fully saturated rings. The molecule has 2 heteroatoms. The highest BCUT2D eigenvalue weighted by Crippen LogP contribution is 2.29. The number of halogens is 2. The van der Waals surface area contributed by atoms with Gasteiger partial charge in [0.2, 0.25) is 0 Å². The zero-order valence-corrected chi connectivity index (χ0v) is 13.2. The Morgan fingerprint density at radius 2 is 1.55 bits per heavy atom. The van der Waals surface area contributed by atoms with E-state index in [1.807, 2.05) is 12.1 Å². The van der Waals surface area contributed by atoms with Crippen LogP contribution in [0.25, 0.3) is 0 Å². The van der Waals surface area contributed by atoms with Crippen LogP contribution in [-0.4, -0.2) is 0 Å². The number of benzene rings is 2. The van der Waals surface area contributed by atoms with Gasteiger partial charge in [-0.3, -0.25) is 0 Å². The molecule has 0 spiro atoms. The van der Waals surface area contributed by atoms with Gasteiger partial charge in [-0.1, -0.05) is 35.9 Å². The SMILES string of the molecule is Cc1ccc(C)c(CC(Cl)c2cc(C)c(F)c(C)c2)c1. The van der Waals surface area contributed by atoms with Crippen LogP contribution >= 0.6 is 11.6 Å². The van der Waals surface area contributed by atoms with Crippen molar-refractivity contribution in [3.63, 3.8) is 0 Å². The summed E-state index contributed by atoms with van der Waals surface area (Å²) in [6.45, 7) is 7.75. The molecule has 0 amide bonds. The maximum absolute atomic E-state index is 13.7. The fraction of sp³-hybridized carbons (Fsp3) is 0.333. The highest BCUT2D eigenvalue weighted by Gasteiger charge is 2.13. The summed E-state index contributed by atoms with van der Waals surface area (Å²) in [5.74, 6) is -0.135. The lowest BCUT2D eigenvalue weighted by Gasteiger charge is -2.15. The first-order chi connectivity index (χ1) is 9.38. The molecule has 0 nitrogen and oxygen atoms in total. The second-order valence-electron chi connectivity index (χ2n) is 5.57. The molecule has 20 heavy (non-hydrogen) atoms. The van der Waals surface area contributed by atoms with Crippen LogP contribution in [0.3, 0.4) is 0 Å². The average molecular weight is 291 g/mol. The second kappa shape index (κ2) is 5.97. The van der Waals surface area contributed by atoms with Crippen molar-refractivity contribution in [2.75, 3.05) is 0 Å². The highest BCUT2D eigenvalue weighted by molar-refractivity contribution is 6.21. The molecule has 0 aliphatic rings. The summed E-state index contributed by atoms with van der Waals surface area (Å²) < 4.78 is 13.7. The van der Waals surface area contributed by atoms with Crippen LogP contribution in [-0.2, 0) is 6.42 Å². The first-order valence-electron chi connectivity index (χ1n) is 6.85. The predicted molar refractivity (Wildman–Crippen MR) is 84.1 cm³/mol. The van der Waals surface area contributed by atoms with Crippen molar-refractivity contribution in [2.24, 2.45) is 0 Å². The third-order valence-electron chi connectivity index (χ3n) is 3.72. The number of aryl methyl sites for hydroxylation is 4. The van der Waals surface area contributed by atoms with Gasteiger partial charge in [0.15, 0.2) is 0 Å². The molecule has 0 saturated carbocycles. The van der Waals surface area contributed by atoms with Crippen molar-refractivity contribution in [1.29, 1.82) is 0 Å². The first kappa shape index (κ1) is 15.1. The highest BCUT2D eigenvalue weighted by atomic mass is 35.5. The number of hydrogen-bond donors (Lipinski definition) is 0. The van der Waals surface area contributed by atoms with Gasteiger partial charge >= 0.3 is 0 Å². The van der Waals surface area contributed by atoms with Crippen molar-refractivity contribution in [3.8, 4) is 0 Å². The minimum atomic E-state index is -0.135. The van der Waals surface area contributed by atoms with Crippen LogP contribution in [0.1, 0.15) is 38.8 Å². The minimum absolute atomic E-state index is 0.131. The van der Waals surface area contributed by atoms with Gasteiger partial charge in [0.25, 0.3) is 0 Å². The summed E-state index contributed by atoms with van der Waals surface area (Å²) >= 11 is 6.54. The summed E-state index contributed by atoms with van der Waals surface area (Å²) in [6, 6.07) is 10.1. The van der Waals surface area contributed by atoms with E-state index in [9.17, 15) is 4.39 Å². The Morgan fingerprint density at radius 1 is 0.950 bits per heavy atom. The van der Waals surface area contributed by atoms with E-state index in [1.54, 1.807) is 13.8 Å². The summed E-state index contributed by atoms with van der Waals surface area (Å²) in [6.07, 6.45) is 0.763. The van der Waals surface area contributed by atoms with Gasteiger partial charge in [0.1, 0.15) is 5.82 Å². The van der Waals surface area contributed by atoms with E-state index >= 15 is 0 Å². The zero-order valence-electron chi connectivity index (χ0n) is 12.4. The summed E-state index contributed by atoms with van der Waals surface area (Å²) in [5.41, 5.74) is 6.05. The molecule has 0 aromatic heterocycles. The van der Waals surface area contributed by atoms with Gasteiger partial charge in [-0.05, 0) is 61.9 Å².